The summed E-state index contributed by atoms with van der Waals surface area (Å²) in [6, 6.07) is 8.32. The molecule has 2 aromatic rings. The van der Waals surface area contributed by atoms with Gasteiger partial charge in [-0.3, -0.25) is 23.2 Å². The molecule has 0 spiro atoms. The number of carbonyl (C=O) groups is 1. The van der Waals surface area contributed by atoms with Crippen LogP contribution in [0.1, 0.15) is 17.4 Å². The first-order chi connectivity index (χ1) is 14.0. The second kappa shape index (κ2) is 8.20. The van der Waals surface area contributed by atoms with Crippen LogP contribution >= 0.6 is 15.2 Å². The standard InChI is InChI=1S/C17H20N2O9P2/c1-19(2)16(20)26-14-7-5-13(6-8-14)15-27-29(22,23)17(21,30(24,25)28-15)10-12-4-3-9-18-11-12/h3-9,11,15,21H,10H2,1-2H3,(H,22,23)(H,24,25). The average Bonchev–Trinajstić information content (AvgIpc) is 2.67. The van der Waals surface area contributed by atoms with Gasteiger partial charge in [-0.2, -0.15) is 0 Å². The van der Waals surface area contributed by atoms with Crippen LogP contribution in [0.15, 0.2) is 48.8 Å². The predicted molar refractivity (Wildman–Crippen MR) is 104 cm³/mol. The first-order valence-electron chi connectivity index (χ1n) is 8.58. The number of aliphatic hydroxyl groups is 1. The maximum absolute atomic E-state index is 12.8. The van der Waals surface area contributed by atoms with Gasteiger partial charge < -0.3 is 24.5 Å². The lowest BCUT2D eigenvalue weighted by atomic mass is 10.2. The number of nitrogens with zero attached hydrogens (tertiary/aromatic N) is 2. The maximum atomic E-state index is 12.8. The van der Waals surface area contributed by atoms with E-state index < -0.39 is 39.1 Å². The molecule has 2 unspecified atom stereocenters. The Morgan fingerprint density at radius 3 is 2.27 bits per heavy atom. The zero-order chi connectivity index (χ0) is 22.2. The summed E-state index contributed by atoms with van der Waals surface area (Å²) in [6.07, 6.45) is -0.294. The number of amides is 1. The van der Waals surface area contributed by atoms with Gasteiger partial charge in [0.2, 0.25) is 6.29 Å². The molecule has 2 heterocycles. The summed E-state index contributed by atoms with van der Waals surface area (Å²) in [7, 11) is -7.13. The summed E-state index contributed by atoms with van der Waals surface area (Å²) in [5, 5.41) is 7.61. The minimum absolute atomic E-state index is 0.103. The number of rotatable bonds is 4. The molecule has 1 aromatic heterocycles. The van der Waals surface area contributed by atoms with Crippen LogP contribution < -0.4 is 4.74 Å². The molecule has 1 saturated heterocycles. The third-order valence-electron chi connectivity index (χ3n) is 4.27. The summed E-state index contributed by atoms with van der Waals surface area (Å²) >= 11 is 0. The van der Waals surface area contributed by atoms with E-state index >= 15 is 0 Å². The largest absolute Gasteiger partial charge is 0.414 e. The van der Waals surface area contributed by atoms with Crippen molar-refractivity contribution < 1.29 is 42.6 Å². The van der Waals surface area contributed by atoms with Crippen molar-refractivity contribution in [1.29, 1.82) is 0 Å². The molecule has 13 heteroatoms. The zero-order valence-electron chi connectivity index (χ0n) is 16.0. The molecular formula is C17H20N2O9P2. The third kappa shape index (κ3) is 4.33. The van der Waals surface area contributed by atoms with Crippen molar-refractivity contribution in [2.24, 2.45) is 0 Å². The molecule has 0 radical (unpaired) electrons. The number of ether oxygens (including phenoxy) is 1. The number of pyridine rings is 1. The number of carbonyl (C=O) groups excluding carboxylic acids is 1. The Kier molecular flexibility index (Phi) is 6.18. The van der Waals surface area contributed by atoms with Crippen molar-refractivity contribution in [2.75, 3.05) is 14.1 Å². The van der Waals surface area contributed by atoms with Gasteiger partial charge in [0, 0.05) is 38.5 Å². The highest BCUT2D eigenvalue weighted by Crippen LogP contribution is 2.79. The summed E-state index contributed by atoms with van der Waals surface area (Å²) in [6.45, 7) is 0. The van der Waals surface area contributed by atoms with E-state index in [1.54, 1.807) is 0 Å². The Bertz CT molecular complexity index is 988. The van der Waals surface area contributed by atoms with Gasteiger partial charge in [0.15, 0.2) is 0 Å². The SMILES string of the molecule is CN(C)C(=O)Oc1ccc(C2OP(=O)(O)C(O)(Cc3cccnc3)P(=O)(O)O2)cc1. The normalized spacial score (nSPS) is 31.2. The summed E-state index contributed by atoms with van der Waals surface area (Å²) in [5.41, 5.74) is 0.341. The molecule has 1 fully saturated rings. The lowest BCUT2D eigenvalue weighted by molar-refractivity contribution is -0.0579. The molecule has 3 N–H and O–H groups in total. The van der Waals surface area contributed by atoms with E-state index in [1.807, 2.05) is 0 Å². The van der Waals surface area contributed by atoms with Gasteiger partial charge in [0.25, 0.3) is 5.08 Å². The van der Waals surface area contributed by atoms with E-state index in [0.717, 1.165) is 0 Å². The Balaban J connectivity index is 1.84. The van der Waals surface area contributed by atoms with Crippen molar-refractivity contribution in [3.63, 3.8) is 0 Å². The molecular weight excluding hydrogens is 438 g/mol. The highest BCUT2D eigenvalue weighted by Gasteiger charge is 2.67. The first-order valence-corrected chi connectivity index (χ1v) is 11.7. The molecule has 1 amide bonds. The third-order valence-corrected chi connectivity index (χ3v) is 8.87. The minimum atomic E-state index is -5.07. The molecule has 1 aliphatic rings. The van der Waals surface area contributed by atoms with Gasteiger partial charge in [-0.25, -0.2) is 4.79 Å². The fourth-order valence-electron chi connectivity index (χ4n) is 2.59. The Hall–Kier alpha value is -2.10. The van der Waals surface area contributed by atoms with Crippen LogP contribution in [-0.4, -0.2) is 50.0 Å². The molecule has 1 aromatic carbocycles. The zero-order valence-corrected chi connectivity index (χ0v) is 17.8. The van der Waals surface area contributed by atoms with Crippen LogP contribution in [-0.2, 0) is 24.6 Å². The maximum Gasteiger partial charge on any atom is 0.414 e. The molecule has 0 bridgehead atoms. The fourth-order valence-corrected chi connectivity index (χ4v) is 6.17. The second-order valence-electron chi connectivity index (χ2n) is 6.73. The Labute approximate surface area is 171 Å². The molecule has 0 saturated carbocycles. The van der Waals surface area contributed by atoms with Gasteiger partial charge in [0.1, 0.15) is 5.75 Å². The van der Waals surface area contributed by atoms with E-state index in [-0.39, 0.29) is 16.9 Å². The van der Waals surface area contributed by atoms with Gasteiger partial charge in [0.05, 0.1) is 0 Å². The van der Waals surface area contributed by atoms with Crippen LogP contribution in [0, 0.1) is 0 Å². The van der Waals surface area contributed by atoms with Gasteiger partial charge in [-0.1, -0.05) is 18.2 Å². The molecule has 1 aliphatic heterocycles. The molecule has 162 valence electrons. The van der Waals surface area contributed by atoms with Crippen molar-refractivity contribution in [3.05, 3.63) is 59.9 Å². The number of benzene rings is 1. The molecule has 30 heavy (non-hydrogen) atoms. The number of hydrogen-bond donors (Lipinski definition) is 3. The van der Waals surface area contributed by atoms with Crippen molar-refractivity contribution >= 4 is 21.3 Å². The van der Waals surface area contributed by atoms with E-state index in [0.29, 0.717) is 0 Å². The van der Waals surface area contributed by atoms with Crippen LogP contribution in [0.25, 0.3) is 0 Å². The van der Waals surface area contributed by atoms with E-state index in [1.165, 1.54) is 67.8 Å². The Morgan fingerprint density at radius 1 is 1.17 bits per heavy atom. The lowest BCUT2D eigenvalue weighted by Gasteiger charge is -2.41. The van der Waals surface area contributed by atoms with Crippen molar-refractivity contribution in [2.45, 2.75) is 17.8 Å². The van der Waals surface area contributed by atoms with E-state index in [2.05, 4.69) is 4.98 Å². The minimum Gasteiger partial charge on any atom is -0.410 e. The first kappa shape index (κ1) is 22.6. The topological polar surface area (TPSA) is 156 Å². The van der Waals surface area contributed by atoms with Gasteiger partial charge in [-0.15, -0.1) is 0 Å². The summed E-state index contributed by atoms with van der Waals surface area (Å²) in [5.74, 6) is 0.167. The fraction of sp³-hybridized carbons (Fsp3) is 0.294. The van der Waals surface area contributed by atoms with Crippen LogP contribution in [0.5, 0.6) is 5.75 Å². The molecule has 0 aliphatic carbocycles. The van der Waals surface area contributed by atoms with Crippen LogP contribution in [0.4, 0.5) is 4.79 Å². The number of aromatic nitrogens is 1. The monoisotopic (exact) mass is 458 g/mol. The molecule has 11 nitrogen and oxygen atoms in total. The highest BCUT2D eigenvalue weighted by molar-refractivity contribution is 7.73. The summed E-state index contributed by atoms with van der Waals surface area (Å²) in [4.78, 5) is 37.3. The van der Waals surface area contributed by atoms with Gasteiger partial charge >= 0.3 is 21.3 Å². The van der Waals surface area contributed by atoms with E-state index in [4.69, 9.17) is 13.8 Å². The predicted octanol–water partition coefficient (Wildman–Crippen LogP) is 2.45. The van der Waals surface area contributed by atoms with Crippen LogP contribution in [0.2, 0.25) is 0 Å². The number of hydrogen-bond acceptors (Lipinski definition) is 8. The van der Waals surface area contributed by atoms with Crippen molar-refractivity contribution in [3.8, 4) is 5.75 Å². The van der Waals surface area contributed by atoms with Gasteiger partial charge in [-0.05, 0) is 23.8 Å². The second-order valence-corrected chi connectivity index (χ2v) is 11.1. The quantitative estimate of drug-likeness (QED) is 0.582. The lowest BCUT2D eigenvalue weighted by Crippen LogP contribution is -2.37. The molecule has 2 atom stereocenters. The van der Waals surface area contributed by atoms with Crippen LogP contribution in [0.3, 0.4) is 0 Å². The van der Waals surface area contributed by atoms with Crippen molar-refractivity contribution in [1.82, 2.24) is 9.88 Å². The van der Waals surface area contributed by atoms with E-state index in [9.17, 15) is 28.8 Å². The summed E-state index contributed by atoms with van der Waals surface area (Å²) < 4.78 is 40.6. The average molecular weight is 458 g/mol. The molecule has 3 rings (SSSR count). The highest BCUT2D eigenvalue weighted by atomic mass is 31.2. The smallest absolute Gasteiger partial charge is 0.410 e. The Morgan fingerprint density at radius 2 is 1.77 bits per heavy atom.